The number of ether oxygens (including phenoxy) is 1. The maximum atomic E-state index is 11.0. The molecule has 1 N–H and O–H groups in total. The van der Waals surface area contributed by atoms with E-state index < -0.39 is 5.97 Å². The van der Waals surface area contributed by atoms with Gasteiger partial charge in [0.25, 0.3) is 0 Å². The number of aryl methyl sites for hydroxylation is 1. The molecule has 102 valence electrons. The first kappa shape index (κ1) is 13.6. The summed E-state index contributed by atoms with van der Waals surface area (Å²) < 4.78 is 6.76. The van der Waals surface area contributed by atoms with Crippen LogP contribution in [0.4, 0.5) is 0 Å². The van der Waals surface area contributed by atoms with Crippen LogP contribution in [0.3, 0.4) is 0 Å². The topological polar surface area (TPSA) is 88.1 Å². The zero-order chi connectivity index (χ0) is 14.7. The Kier molecular flexibility index (Phi) is 3.71. The van der Waals surface area contributed by atoms with Crippen LogP contribution in [0, 0.1) is 18.3 Å². The molecule has 6 nitrogen and oxygen atoms in total. The molecule has 0 unspecified atom stereocenters. The number of aromatic carboxylic acids is 1. The largest absolute Gasteiger partial charge is 0.496 e. The van der Waals surface area contributed by atoms with Crippen molar-refractivity contribution in [2.45, 2.75) is 13.5 Å². The van der Waals surface area contributed by atoms with Gasteiger partial charge in [0.2, 0.25) is 0 Å². The van der Waals surface area contributed by atoms with E-state index in [1.165, 1.54) is 10.9 Å². The molecule has 1 heterocycles. The molecule has 0 fully saturated rings. The van der Waals surface area contributed by atoms with E-state index in [1.807, 2.05) is 0 Å². The number of hydrogen-bond acceptors (Lipinski definition) is 4. The fraction of sp³-hybridized carbons (Fsp3) is 0.214. The number of benzene rings is 1. The van der Waals surface area contributed by atoms with Crippen molar-refractivity contribution in [1.29, 1.82) is 5.26 Å². The molecular weight excluding hydrogens is 258 g/mol. The SMILES string of the molecule is COc1ccc(C#N)cc1Cn1cc(C(=O)O)c(C)n1. The third kappa shape index (κ3) is 2.62. The number of methoxy groups -OCH3 is 1. The average molecular weight is 271 g/mol. The van der Waals surface area contributed by atoms with E-state index in [9.17, 15) is 4.79 Å². The van der Waals surface area contributed by atoms with Crippen molar-refractivity contribution in [3.8, 4) is 11.8 Å². The second kappa shape index (κ2) is 5.45. The molecule has 2 rings (SSSR count). The molecule has 0 aliphatic rings. The summed E-state index contributed by atoms with van der Waals surface area (Å²) in [5.41, 5.74) is 1.91. The highest BCUT2D eigenvalue weighted by Crippen LogP contribution is 2.21. The van der Waals surface area contributed by atoms with Gasteiger partial charge in [0, 0.05) is 11.8 Å². The van der Waals surface area contributed by atoms with Gasteiger partial charge in [0.05, 0.1) is 31.0 Å². The van der Waals surface area contributed by atoms with Crippen molar-refractivity contribution in [1.82, 2.24) is 9.78 Å². The Morgan fingerprint density at radius 2 is 2.30 bits per heavy atom. The second-order valence-corrected chi connectivity index (χ2v) is 4.27. The lowest BCUT2D eigenvalue weighted by Crippen LogP contribution is -2.03. The lowest BCUT2D eigenvalue weighted by molar-refractivity contribution is 0.0696. The monoisotopic (exact) mass is 271 g/mol. The first-order valence-electron chi connectivity index (χ1n) is 5.89. The number of nitriles is 1. The average Bonchev–Trinajstić information content (AvgIpc) is 2.79. The molecule has 20 heavy (non-hydrogen) atoms. The van der Waals surface area contributed by atoms with Crippen molar-refractivity contribution >= 4 is 5.97 Å². The van der Waals surface area contributed by atoms with E-state index >= 15 is 0 Å². The van der Waals surface area contributed by atoms with Crippen LogP contribution in [0.15, 0.2) is 24.4 Å². The Labute approximate surface area is 115 Å². The van der Waals surface area contributed by atoms with Crippen LogP contribution in [0.25, 0.3) is 0 Å². The van der Waals surface area contributed by atoms with Crippen LogP contribution < -0.4 is 4.74 Å². The Balaban J connectivity index is 2.36. The molecule has 6 heteroatoms. The number of carboxylic acids is 1. The number of rotatable bonds is 4. The van der Waals surface area contributed by atoms with Crippen LogP contribution in [-0.4, -0.2) is 28.0 Å². The van der Waals surface area contributed by atoms with Gasteiger partial charge >= 0.3 is 5.97 Å². The maximum absolute atomic E-state index is 11.0. The first-order valence-corrected chi connectivity index (χ1v) is 5.89. The van der Waals surface area contributed by atoms with Crippen LogP contribution >= 0.6 is 0 Å². The molecule has 0 atom stereocenters. The minimum absolute atomic E-state index is 0.167. The molecule has 0 aliphatic heterocycles. The van der Waals surface area contributed by atoms with Crippen LogP contribution in [0.5, 0.6) is 5.75 Å². The molecule has 0 radical (unpaired) electrons. The van der Waals surface area contributed by atoms with Gasteiger partial charge in [-0.1, -0.05) is 0 Å². The molecule has 1 aromatic carbocycles. The highest BCUT2D eigenvalue weighted by Gasteiger charge is 2.13. The summed E-state index contributed by atoms with van der Waals surface area (Å²) in [5, 5.41) is 22.1. The van der Waals surface area contributed by atoms with E-state index in [0.717, 1.165) is 5.56 Å². The minimum Gasteiger partial charge on any atom is -0.496 e. The van der Waals surface area contributed by atoms with E-state index in [1.54, 1.807) is 32.2 Å². The van der Waals surface area contributed by atoms with Gasteiger partial charge < -0.3 is 9.84 Å². The third-order valence-corrected chi connectivity index (χ3v) is 2.92. The molecule has 1 aromatic heterocycles. The van der Waals surface area contributed by atoms with E-state index in [2.05, 4.69) is 11.2 Å². The number of carboxylic acid groups (broad SMARTS) is 1. The van der Waals surface area contributed by atoms with Gasteiger partial charge in [-0.3, -0.25) is 4.68 Å². The van der Waals surface area contributed by atoms with Crippen molar-refractivity contribution in [2.75, 3.05) is 7.11 Å². The summed E-state index contributed by atoms with van der Waals surface area (Å²) in [6.07, 6.45) is 1.47. The van der Waals surface area contributed by atoms with Gasteiger partial charge in [0.1, 0.15) is 11.3 Å². The Hall–Kier alpha value is -2.81. The van der Waals surface area contributed by atoms with E-state index in [0.29, 0.717) is 23.6 Å². The van der Waals surface area contributed by atoms with Crippen molar-refractivity contribution < 1.29 is 14.6 Å². The number of hydrogen-bond donors (Lipinski definition) is 1. The van der Waals surface area contributed by atoms with Crippen molar-refractivity contribution in [3.63, 3.8) is 0 Å². The van der Waals surface area contributed by atoms with Gasteiger partial charge in [0.15, 0.2) is 0 Å². The number of aromatic nitrogens is 2. The van der Waals surface area contributed by atoms with Crippen LogP contribution in [0.2, 0.25) is 0 Å². The summed E-state index contributed by atoms with van der Waals surface area (Å²) in [5.74, 6) is -0.375. The molecular formula is C14H13N3O3. The zero-order valence-corrected chi connectivity index (χ0v) is 11.1. The lowest BCUT2D eigenvalue weighted by atomic mass is 10.1. The van der Waals surface area contributed by atoms with Crippen LogP contribution in [-0.2, 0) is 6.54 Å². The van der Waals surface area contributed by atoms with Crippen molar-refractivity contribution in [3.05, 3.63) is 46.8 Å². The fourth-order valence-corrected chi connectivity index (χ4v) is 1.96. The second-order valence-electron chi connectivity index (χ2n) is 4.27. The highest BCUT2D eigenvalue weighted by atomic mass is 16.5. The fourth-order valence-electron chi connectivity index (χ4n) is 1.96. The molecule has 0 aliphatic carbocycles. The predicted molar refractivity (Wildman–Crippen MR) is 70.7 cm³/mol. The molecule has 0 amide bonds. The van der Waals surface area contributed by atoms with Crippen molar-refractivity contribution in [2.24, 2.45) is 0 Å². The predicted octanol–water partition coefficient (Wildman–Crippen LogP) is 1.82. The maximum Gasteiger partial charge on any atom is 0.339 e. The normalized spacial score (nSPS) is 10.1. The number of nitrogens with zero attached hydrogens (tertiary/aromatic N) is 3. The smallest absolute Gasteiger partial charge is 0.339 e. The third-order valence-electron chi connectivity index (χ3n) is 2.92. The van der Waals surface area contributed by atoms with E-state index in [4.69, 9.17) is 15.1 Å². The first-order chi connectivity index (χ1) is 9.55. The zero-order valence-electron chi connectivity index (χ0n) is 11.1. The Morgan fingerprint density at radius 1 is 1.55 bits per heavy atom. The number of carbonyl (C=O) groups is 1. The quantitative estimate of drug-likeness (QED) is 0.916. The Bertz CT molecular complexity index is 698. The molecule has 0 saturated heterocycles. The summed E-state index contributed by atoms with van der Waals surface area (Å²) in [7, 11) is 1.54. The summed E-state index contributed by atoms with van der Waals surface area (Å²) in [6.45, 7) is 1.98. The summed E-state index contributed by atoms with van der Waals surface area (Å²) in [6, 6.07) is 7.14. The molecule has 0 bridgehead atoms. The molecule has 2 aromatic rings. The van der Waals surface area contributed by atoms with Gasteiger partial charge in [-0.25, -0.2) is 4.79 Å². The van der Waals surface area contributed by atoms with Gasteiger partial charge in [-0.15, -0.1) is 0 Å². The highest BCUT2D eigenvalue weighted by molar-refractivity contribution is 5.88. The Morgan fingerprint density at radius 3 is 2.85 bits per heavy atom. The summed E-state index contributed by atoms with van der Waals surface area (Å²) in [4.78, 5) is 11.0. The van der Waals surface area contributed by atoms with Gasteiger partial charge in [-0.2, -0.15) is 10.4 Å². The summed E-state index contributed by atoms with van der Waals surface area (Å²) >= 11 is 0. The standard InChI is InChI=1S/C14H13N3O3/c1-9-12(14(18)19)8-17(16-9)7-11-5-10(6-15)3-4-13(11)20-2/h3-5,8H,7H2,1-2H3,(H,18,19). The minimum atomic E-state index is -1.01. The lowest BCUT2D eigenvalue weighted by Gasteiger charge is -2.08. The van der Waals surface area contributed by atoms with E-state index in [-0.39, 0.29) is 5.56 Å². The van der Waals surface area contributed by atoms with Gasteiger partial charge in [-0.05, 0) is 25.1 Å². The van der Waals surface area contributed by atoms with Crippen LogP contribution in [0.1, 0.15) is 27.2 Å². The molecule has 0 spiro atoms. The molecule has 0 saturated carbocycles.